The first-order chi connectivity index (χ1) is 19.1. The van der Waals surface area contributed by atoms with Crippen molar-refractivity contribution in [2.45, 2.75) is 84.3 Å². The molecule has 0 amide bonds. The lowest BCUT2D eigenvalue weighted by molar-refractivity contribution is -0.196. The fourth-order valence-corrected chi connectivity index (χ4v) is 10.3. The summed E-state index contributed by atoms with van der Waals surface area (Å²) in [6, 6.07) is 8.20. The van der Waals surface area contributed by atoms with Gasteiger partial charge in [0.25, 0.3) is 0 Å². The Morgan fingerprint density at radius 2 is 1.95 bits per heavy atom. The van der Waals surface area contributed by atoms with E-state index in [0.717, 1.165) is 67.5 Å². The summed E-state index contributed by atoms with van der Waals surface area (Å²) in [6.07, 6.45) is 8.10. The molecule has 4 aliphatic rings. The average molecular weight is 546 g/mol. The third-order valence-corrected chi connectivity index (χ3v) is 12.5. The van der Waals surface area contributed by atoms with Crippen LogP contribution in [0, 0.1) is 46.3 Å². The van der Waals surface area contributed by atoms with Crippen molar-refractivity contribution in [3.05, 3.63) is 41.7 Å². The number of aliphatic hydroxyl groups excluding tert-OH is 2. The zero-order valence-electron chi connectivity index (χ0n) is 24.2. The van der Waals surface area contributed by atoms with Gasteiger partial charge in [0.05, 0.1) is 30.4 Å². The van der Waals surface area contributed by atoms with Gasteiger partial charge in [-0.05, 0) is 109 Å². The first-order valence-corrected chi connectivity index (χ1v) is 15.3. The van der Waals surface area contributed by atoms with Crippen molar-refractivity contribution >= 4 is 22.8 Å². The van der Waals surface area contributed by atoms with Crippen molar-refractivity contribution in [3.63, 3.8) is 0 Å². The van der Waals surface area contributed by atoms with Crippen molar-refractivity contribution in [2.75, 3.05) is 7.11 Å². The van der Waals surface area contributed by atoms with Crippen molar-refractivity contribution in [3.8, 4) is 0 Å². The Labute approximate surface area is 236 Å². The summed E-state index contributed by atoms with van der Waals surface area (Å²) in [5.74, 6) is 2.34. The third kappa shape index (κ3) is 3.65. The summed E-state index contributed by atoms with van der Waals surface area (Å²) >= 11 is 0. The monoisotopic (exact) mass is 545 g/mol. The summed E-state index contributed by atoms with van der Waals surface area (Å²) in [5.41, 5.74) is 4.21. The summed E-state index contributed by atoms with van der Waals surface area (Å²) < 4.78 is 7.03. The Kier molecular flexibility index (Phi) is 6.10. The maximum absolute atomic E-state index is 11.9. The van der Waals surface area contributed by atoms with E-state index in [9.17, 15) is 15.0 Å². The molecule has 2 heterocycles. The second kappa shape index (κ2) is 9.25. The Bertz CT molecular complexity index is 1470. The molecule has 10 atom stereocenters. The topological polar surface area (TPSA) is 97.0 Å². The number of ether oxygens (including phenoxy) is 1. The van der Waals surface area contributed by atoms with Crippen LogP contribution in [0.2, 0.25) is 0 Å². The molecule has 7 heteroatoms. The number of hydrogen-bond acceptors (Lipinski definition) is 6. The number of nitrogens with zero attached hydrogens (tertiary/aromatic N) is 3. The van der Waals surface area contributed by atoms with Gasteiger partial charge < -0.3 is 14.9 Å². The molecule has 3 aromatic rings. The van der Waals surface area contributed by atoms with Crippen LogP contribution >= 0.6 is 0 Å². The van der Waals surface area contributed by atoms with E-state index in [0.29, 0.717) is 30.1 Å². The maximum Gasteiger partial charge on any atom is 0.305 e. The summed E-state index contributed by atoms with van der Waals surface area (Å²) in [4.78, 5) is 21.7. The predicted octanol–water partition coefficient (Wildman–Crippen LogP) is 4.99. The number of aromatic nitrogens is 3. The van der Waals surface area contributed by atoms with Crippen LogP contribution in [0.25, 0.3) is 16.8 Å². The lowest BCUT2D eigenvalue weighted by atomic mass is 9.43. The third-order valence-electron chi connectivity index (χ3n) is 12.5. The Balaban J connectivity index is 1.21. The average Bonchev–Trinajstić information content (AvgIpc) is 3.48. The number of esters is 1. The van der Waals surface area contributed by atoms with Gasteiger partial charge in [0.1, 0.15) is 0 Å². The minimum absolute atomic E-state index is 0.000461. The lowest BCUT2D eigenvalue weighted by Crippen LogP contribution is -2.62. The van der Waals surface area contributed by atoms with Gasteiger partial charge in [-0.15, -0.1) is 0 Å². The molecular weight excluding hydrogens is 502 g/mol. The van der Waals surface area contributed by atoms with Gasteiger partial charge in [-0.25, -0.2) is 9.97 Å². The molecule has 2 N–H and O–H groups in total. The second-order valence-corrected chi connectivity index (χ2v) is 14.1. The molecule has 4 aliphatic carbocycles. The van der Waals surface area contributed by atoms with Crippen LogP contribution in [0.3, 0.4) is 0 Å². The lowest BCUT2D eigenvalue weighted by Gasteiger charge is -2.63. The Hall–Kier alpha value is -2.51. The zero-order chi connectivity index (χ0) is 28.0. The van der Waals surface area contributed by atoms with Crippen LogP contribution in [0.5, 0.6) is 0 Å². The molecule has 3 fully saturated rings. The van der Waals surface area contributed by atoms with E-state index >= 15 is 0 Å². The number of rotatable bonds is 4. The number of hydrogen-bond donors (Lipinski definition) is 2. The van der Waals surface area contributed by atoms with Crippen LogP contribution in [0.15, 0.2) is 30.5 Å². The Morgan fingerprint density at radius 3 is 2.75 bits per heavy atom. The molecule has 214 valence electrons. The zero-order valence-corrected chi connectivity index (χ0v) is 24.2. The highest BCUT2D eigenvalue weighted by molar-refractivity contribution is 5.79. The number of benzene rings is 1. The molecular formula is C33H43N3O4. The minimum Gasteiger partial charge on any atom is -0.469 e. The van der Waals surface area contributed by atoms with Crippen molar-refractivity contribution in [2.24, 2.45) is 46.3 Å². The van der Waals surface area contributed by atoms with E-state index in [4.69, 9.17) is 14.7 Å². The molecule has 40 heavy (non-hydrogen) atoms. The van der Waals surface area contributed by atoms with Gasteiger partial charge >= 0.3 is 5.97 Å². The quantitative estimate of drug-likeness (QED) is 0.449. The van der Waals surface area contributed by atoms with Crippen molar-refractivity contribution in [1.82, 2.24) is 14.4 Å². The van der Waals surface area contributed by atoms with Gasteiger partial charge in [-0.3, -0.25) is 9.20 Å². The smallest absolute Gasteiger partial charge is 0.305 e. The first kappa shape index (κ1) is 26.4. The fourth-order valence-electron chi connectivity index (χ4n) is 10.3. The second-order valence-electron chi connectivity index (χ2n) is 14.1. The van der Waals surface area contributed by atoms with E-state index in [1.54, 1.807) is 0 Å². The highest BCUT2D eigenvalue weighted by Crippen LogP contribution is 2.68. The summed E-state index contributed by atoms with van der Waals surface area (Å²) in [5, 5.41) is 23.7. The highest BCUT2D eigenvalue weighted by atomic mass is 16.5. The van der Waals surface area contributed by atoms with E-state index in [2.05, 4.69) is 37.4 Å². The summed E-state index contributed by atoms with van der Waals surface area (Å²) in [7, 11) is 1.45. The van der Waals surface area contributed by atoms with Crippen LogP contribution in [0.1, 0.15) is 70.6 Å². The standard InChI is InChI=1S/C33H43N3O4/c1-18(9-12-29(39)40-4)21-10-11-22-30-23(15-28(38)33(21,22)3)32(2)16-19-17-36-26-8-6-5-7-24(26)34-31(36)35-25(19)13-20(32)14-27(30)37/h5-8,17-18,20-23,27-28,30,37-38H,9-16H2,1-4H3/t18?,20?,21-,22?,23?,27-,28+,30?,32+,33-/m1/s1. The normalized spacial score (nSPS) is 39.3. The molecule has 0 saturated heterocycles. The molecule has 0 aliphatic heterocycles. The van der Waals surface area contributed by atoms with Crippen LogP contribution in [-0.4, -0.2) is 49.9 Å². The van der Waals surface area contributed by atoms with Crippen LogP contribution < -0.4 is 0 Å². The van der Waals surface area contributed by atoms with Crippen LogP contribution in [0.4, 0.5) is 0 Å². The number of carbonyl (C=O) groups is 1. The Morgan fingerprint density at radius 1 is 1.15 bits per heavy atom. The molecule has 3 saturated carbocycles. The van der Waals surface area contributed by atoms with E-state index < -0.39 is 6.10 Å². The molecule has 0 radical (unpaired) electrons. The van der Waals surface area contributed by atoms with Gasteiger partial charge in [0, 0.05) is 18.3 Å². The predicted molar refractivity (Wildman–Crippen MR) is 152 cm³/mol. The van der Waals surface area contributed by atoms with E-state index in [-0.39, 0.29) is 34.7 Å². The first-order valence-electron chi connectivity index (χ1n) is 15.3. The molecule has 0 bridgehead atoms. The molecule has 2 aromatic heterocycles. The molecule has 5 unspecified atom stereocenters. The van der Waals surface area contributed by atoms with E-state index in [1.807, 2.05) is 18.2 Å². The van der Waals surface area contributed by atoms with Gasteiger partial charge in [-0.1, -0.05) is 32.9 Å². The number of aliphatic hydroxyl groups is 2. The molecule has 0 spiro atoms. The number of fused-ring (bicyclic) bond motifs is 9. The number of imidazole rings is 1. The van der Waals surface area contributed by atoms with E-state index in [1.165, 1.54) is 12.7 Å². The molecule has 7 rings (SSSR count). The van der Waals surface area contributed by atoms with Gasteiger partial charge in [0.2, 0.25) is 5.78 Å². The minimum atomic E-state index is -0.408. The highest BCUT2D eigenvalue weighted by Gasteiger charge is 2.65. The van der Waals surface area contributed by atoms with Gasteiger partial charge in [-0.2, -0.15) is 0 Å². The maximum atomic E-state index is 11.9. The van der Waals surface area contributed by atoms with Crippen LogP contribution in [-0.2, 0) is 22.4 Å². The number of para-hydroxylation sites is 2. The summed E-state index contributed by atoms with van der Waals surface area (Å²) in [6.45, 7) is 6.95. The SMILES string of the molecule is COC(=O)CCC(C)[C@H]1CCC2C3C(C[C@H](O)[C@@]21C)[C@@]1(C)Cc2cn4c(nc2CC1C[C@H]3O)nc1ccccc14. The molecule has 1 aromatic carbocycles. The molecule has 7 nitrogen and oxygen atoms in total. The van der Waals surface area contributed by atoms with Crippen molar-refractivity contribution in [1.29, 1.82) is 0 Å². The van der Waals surface area contributed by atoms with Gasteiger partial charge in [0.15, 0.2) is 0 Å². The fraction of sp³-hybridized carbons (Fsp3) is 0.667. The largest absolute Gasteiger partial charge is 0.469 e. The number of carbonyl (C=O) groups excluding carboxylic acids is 1. The number of methoxy groups -OCH3 is 1. The van der Waals surface area contributed by atoms with Crippen molar-refractivity contribution < 1.29 is 19.7 Å².